The van der Waals surface area contributed by atoms with Crippen molar-refractivity contribution in [1.82, 2.24) is 15.6 Å². The van der Waals surface area contributed by atoms with E-state index < -0.39 is 0 Å². The predicted octanol–water partition coefficient (Wildman–Crippen LogP) is 3.37. The van der Waals surface area contributed by atoms with Gasteiger partial charge in [0.1, 0.15) is 0 Å². The minimum absolute atomic E-state index is 0. The number of hydrogen-bond donors (Lipinski definition) is 3. The lowest BCUT2D eigenvalue weighted by atomic mass is 10.1. The molecule has 1 atom stereocenters. The number of rotatable bonds is 6. The number of H-pyrrole nitrogens is 1. The quantitative estimate of drug-likeness (QED) is 0.355. The maximum absolute atomic E-state index is 5.64. The van der Waals surface area contributed by atoms with Crippen LogP contribution in [0.25, 0.3) is 10.9 Å². The monoisotopic (exact) mass is 456 g/mol. The number of nitrogens with zero attached hydrogens (tertiary/aromatic N) is 1. The number of hydrogen-bond acceptors (Lipinski definition) is 2. The van der Waals surface area contributed by atoms with Crippen LogP contribution < -0.4 is 10.6 Å². The lowest BCUT2D eigenvalue weighted by Crippen LogP contribution is -2.39. The molecule has 0 aliphatic carbocycles. The van der Waals surface area contributed by atoms with E-state index in [1.807, 2.05) is 7.05 Å². The summed E-state index contributed by atoms with van der Waals surface area (Å²) < 4.78 is 5.64. The Hall–Kier alpha value is -1.28. The molecule has 138 valence electrons. The highest BCUT2D eigenvalue weighted by Gasteiger charge is 2.14. The number of halogens is 1. The lowest BCUT2D eigenvalue weighted by molar-refractivity contribution is 0.105. The molecule has 1 saturated heterocycles. The Bertz CT molecular complexity index is 692. The Kier molecular flexibility index (Phi) is 8.02. The molecule has 3 rings (SSSR count). The number of aryl methyl sites for hydroxylation is 1. The van der Waals surface area contributed by atoms with Crippen molar-refractivity contribution in [3.63, 3.8) is 0 Å². The average Bonchev–Trinajstić information content (AvgIpc) is 3.23. The first kappa shape index (κ1) is 20.0. The van der Waals surface area contributed by atoms with E-state index in [4.69, 9.17) is 4.74 Å². The molecule has 0 saturated carbocycles. The first-order chi connectivity index (χ1) is 11.8. The van der Waals surface area contributed by atoms with Crippen molar-refractivity contribution in [2.45, 2.75) is 38.7 Å². The molecule has 25 heavy (non-hydrogen) atoms. The molecule has 1 aromatic carbocycles. The van der Waals surface area contributed by atoms with Gasteiger partial charge in [-0.15, -0.1) is 24.0 Å². The van der Waals surface area contributed by atoms with Gasteiger partial charge in [-0.3, -0.25) is 4.99 Å². The first-order valence-corrected chi connectivity index (χ1v) is 8.89. The molecule has 3 N–H and O–H groups in total. The van der Waals surface area contributed by atoms with Crippen molar-refractivity contribution in [3.05, 3.63) is 35.5 Å². The first-order valence-electron chi connectivity index (χ1n) is 8.89. The van der Waals surface area contributed by atoms with Gasteiger partial charge in [-0.25, -0.2) is 0 Å². The van der Waals surface area contributed by atoms with Crippen LogP contribution in [0, 0.1) is 6.92 Å². The summed E-state index contributed by atoms with van der Waals surface area (Å²) in [5.41, 5.74) is 3.83. The summed E-state index contributed by atoms with van der Waals surface area (Å²) in [6.07, 6.45) is 6.93. The van der Waals surface area contributed by atoms with Crippen molar-refractivity contribution < 1.29 is 4.74 Å². The van der Waals surface area contributed by atoms with Crippen molar-refractivity contribution in [2.75, 3.05) is 26.7 Å². The minimum atomic E-state index is 0. The molecule has 0 bridgehead atoms. The van der Waals surface area contributed by atoms with Crippen LogP contribution in [0.1, 0.15) is 30.4 Å². The molecule has 0 radical (unpaired) electrons. The van der Waals surface area contributed by atoms with Gasteiger partial charge in [0.05, 0.1) is 6.10 Å². The third kappa shape index (κ3) is 5.60. The average molecular weight is 456 g/mol. The highest BCUT2D eigenvalue weighted by Crippen LogP contribution is 2.19. The van der Waals surface area contributed by atoms with Crippen molar-refractivity contribution in [1.29, 1.82) is 0 Å². The van der Waals surface area contributed by atoms with E-state index in [2.05, 4.69) is 51.9 Å². The summed E-state index contributed by atoms with van der Waals surface area (Å²) in [4.78, 5) is 7.65. The van der Waals surface area contributed by atoms with Crippen molar-refractivity contribution in [2.24, 2.45) is 4.99 Å². The fraction of sp³-hybridized carbons (Fsp3) is 0.526. The second-order valence-corrected chi connectivity index (χ2v) is 6.46. The molecule has 2 heterocycles. The van der Waals surface area contributed by atoms with E-state index in [1.165, 1.54) is 34.9 Å². The van der Waals surface area contributed by atoms with E-state index in [9.17, 15) is 0 Å². The predicted molar refractivity (Wildman–Crippen MR) is 115 cm³/mol. The molecule has 1 aliphatic heterocycles. The molecule has 6 heteroatoms. The summed E-state index contributed by atoms with van der Waals surface area (Å²) in [5, 5.41) is 8.07. The van der Waals surface area contributed by atoms with Gasteiger partial charge in [0.15, 0.2) is 5.96 Å². The fourth-order valence-corrected chi connectivity index (χ4v) is 3.27. The number of aliphatic imine (C=N–C) groups is 1. The van der Waals surface area contributed by atoms with Gasteiger partial charge in [-0.2, -0.15) is 0 Å². The summed E-state index contributed by atoms with van der Waals surface area (Å²) in [6.45, 7) is 4.80. The van der Waals surface area contributed by atoms with Gasteiger partial charge >= 0.3 is 0 Å². The normalized spacial score (nSPS) is 17.5. The van der Waals surface area contributed by atoms with Crippen LogP contribution >= 0.6 is 24.0 Å². The molecule has 1 unspecified atom stereocenters. The lowest BCUT2D eigenvalue weighted by Gasteiger charge is -2.14. The maximum Gasteiger partial charge on any atom is 0.190 e. The summed E-state index contributed by atoms with van der Waals surface area (Å²) in [5.74, 6) is 0.865. The van der Waals surface area contributed by atoms with Crippen LogP contribution in [0.5, 0.6) is 0 Å². The van der Waals surface area contributed by atoms with E-state index >= 15 is 0 Å². The van der Waals surface area contributed by atoms with Crippen molar-refractivity contribution in [3.8, 4) is 0 Å². The zero-order valence-corrected chi connectivity index (χ0v) is 17.4. The zero-order valence-electron chi connectivity index (χ0n) is 15.1. The van der Waals surface area contributed by atoms with Gasteiger partial charge < -0.3 is 20.4 Å². The van der Waals surface area contributed by atoms with Crippen LogP contribution in [0.2, 0.25) is 0 Å². The molecule has 1 aromatic heterocycles. The van der Waals surface area contributed by atoms with Crippen LogP contribution in [0.15, 0.2) is 29.4 Å². The summed E-state index contributed by atoms with van der Waals surface area (Å²) in [6, 6.07) is 6.56. The van der Waals surface area contributed by atoms with E-state index in [0.29, 0.717) is 6.10 Å². The van der Waals surface area contributed by atoms with Crippen molar-refractivity contribution >= 4 is 40.8 Å². The van der Waals surface area contributed by atoms with Crippen LogP contribution in [0.3, 0.4) is 0 Å². The molecular weight excluding hydrogens is 427 g/mol. The highest BCUT2D eigenvalue weighted by atomic mass is 127. The zero-order chi connectivity index (χ0) is 16.8. The van der Waals surface area contributed by atoms with E-state index in [1.54, 1.807) is 0 Å². The summed E-state index contributed by atoms with van der Waals surface area (Å²) >= 11 is 0. The number of aromatic nitrogens is 1. The van der Waals surface area contributed by atoms with E-state index in [0.717, 1.165) is 38.5 Å². The van der Waals surface area contributed by atoms with Gasteiger partial charge in [0.2, 0.25) is 0 Å². The Morgan fingerprint density at radius 3 is 2.92 bits per heavy atom. The van der Waals surface area contributed by atoms with Crippen LogP contribution in [0.4, 0.5) is 0 Å². The molecule has 0 spiro atoms. The Morgan fingerprint density at radius 2 is 2.16 bits per heavy atom. The van der Waals surface area contributed by atoms with Gasteiger partial charge in [-0.1, -0.05) is 12.1 Å². The molecule has 2 aromatic rings. The topological polar surface area (TPSA) is 61.4 Å². The third-order valence-electron chi connectivity index (χ3n) is 4.62. The Morgan fingerprint density at radius 1 is 1.32 bits per heavy atom. The largest absolute Gasteiger partial charge is 0.378 e. The third-order valence-corrected chi connectivity index (χ3v) is 4.62. The Balaban J connectivity index is 0.00000225. The second kappa shape index (κ2) is 10.0. The number of nitrogens with one attached hydrogen (secondary N) is 3. The smallest absolute Gasteiger partial charge is 0.190 e. The van der Waals surface area contributed by atoms with Gasteiger partial charge in [0.25, 0.3) is 0 Å². The molecule has 1 fully saturated rings. The van der Waals surface area contributed by atoms with Gasteiger partial charge in [-0.05, 0) is 49.8 Å². The fourth-order valence-electron chi connectivity index (χ4n) is 3.27. The maximum atomic E-state index is 5.64. The standard InChI is InChI=1S/C19H28N4O.HI/c1-14-5-6-17-15(13-23-18(17)12-14)7-9-21-19(20-2)22-10-8-16-4-3-11-24-16;/h5-6,12-13,16,23H,3-4,7-11H2,1-2H3,(H2,20,21,22);1H. The number of benzene rings is 1. The van der Waals surface area contributed by atoms with E-state index in [-0.39, 0.29) is 24.0 Å². The highest BCUT2D eigenvalue weighted by molar-refractivity contribution is 14.0. The molecular formula is C19H29IN4O. The molecule has 0 amide bonds. The summed E-state index contributed by atoms with van der Waals surface area (Å²) in [7, 11) is 1.82. The molecule has 1 aliphatic rings. The number of fused-ring (bicyclic) bond motifs is 1. The number of ether oxygens (including phenoxy) is 1. The second-order valence-electron chi connectivity index (χ2n) is 6.46. The number of aromatic amines is 1. The Labute approximate surface area is 167 Å². The van der Waals surface area contributed by atoms with Gasteiger partial charge in [0, 0.05) is 43.8 Å². The minimum Gasteiger partial charge on any atom is -0.378 e. The number of guanidine groups is 1. The van der Waals surface area contributed by atoms with Crippen LogP contribution in [-0.2, 0) is 11.2 Å². The SMILES string of the molecule is CN=C(NCCc1c[nH]c2cc(C)ccc12)NCCC1CCCO1.I. The van der Waals surface area contributed by atoms with Crippen LogP contribution in [-0.4, -0.2) is 43.8 Å². The molecule has 5 nitrogen and oxygen atoms in total.